The summed E-state index contributed by atoms with van der Waals surface area (Å²) in [5.74, 6) is 1.27. The van der Waals surface area contributed by atoms with E-state index in [0.29, 0.717) is 17.4 Å². The highest BCUT2D eigenvalue weighted by Crippen LogP contribution is 2.25. The summed E-state index contributed by atoms with van der Waals surface area (Å²) in [4.78, 5) is 13.4. The molecule has 1 aromatic carbocycles. The van der Waals surface area contributed by atoms with E-state index in [0.717, 1.165) is 37.4 Å². The van der Waals surface area contributed by atoms with Crippen LogP contribution in [0.25, 0.3) is 11.4 Å². The largest absolute Gasteiger partial charge is 0.368 e. The Labute approximate surface area is 164 Å². The Kier molecular flexibility index (Phi) is 5.04. The summed E-state index contributed by atoms with van der Waals surface area (Å²) < 4.78 is 5.54. The van der Waals surface area contributed by atoms with Crippen LogP contribution in [0.3, 0.4) is 0 Å². The first-order valence-corrected chi connectivity index (χ1v) is 9.40. The second-order valence-corrected chi connectivity index (χ2v) is 7.03. The van der Waals surface area contributed by atoms with E-state index in [2.05, 4.69) is 44.8 Å². The van der Waals surface area contributed by atoms with Crippen LogP contribution >= 0.6 is 0 Å². The molecule has 142 valence electrons. The highest BCUT2D eigenvalue weighted by molar-refractivity contribution is 5.54. The highest BCUT2D eigenvalue weighted by Gasteiger charge is 2.26. The van der Waals surface area contributed by atoms with Gasteiger partial charge in [0.05, 0.1) is 17.9 Å². The summed E-state index contributed by atoms with van der Waals surface area (Å²) in [6, 6.07) is 14.0. The number of benzene rings is 1. The van der Waals surface area contributed by atoms with Crippen molar-refractivity contribution in [3.05, 3.63) is 59.7 Å². The first kappa shape index (κ1) is 18.1. The molecule has 1 saturated heterocycles. The van der Waals surface area contributed by atoms with E-state index < -0.39 is 0 Å². The Morgan fingerprint density at radius 3 is 2.46 bits per heavy atom. The van der Waals surface area contributed by atoms with Crippen molar-refractivity contribution in [1.82, 2.24) is 20.0 Å². The van der Waals surface area contributed by atoms with Crippen LogP contribution in [-0.4, -0.2) is 46.2 Å². The number of hydrogen-bond acceptors (Lipinski definition) is 7. The number of piperazine rings is 1. The zero-order chi connectivity index (χ0) is 19.5. The number of anilines is 1. The minimum absolute atomic E-state index is 0.0629. The third-order valence-electron chi connectivity index (χ3n) is 5.20. The van der Waals surface area contributed by atoms with E-state index in [-0.39, 0.29) is 6.04 Å². The van der Waals surface area contributed by atoms with Crippen LogP contribution in [0, 0.1) is 18.3 Å². The van der Waals surface area contributed by atoms with Crippen molar-refractivity contribution in [2.75, 3.05) is 31.1 Å². The molecule has 1 atom stereocenters. The minimum Gasteiger partial charge on any atom is -0.368 e. The molecule has 1 aliphatic heterocycles. The molecule has 0 radical (unpaired) electrons. The van der Waals surface area contributed by atoms with Gasteiger partial charge in [0, 0.05) is 31.7 Å². The topological polar surface area (TPSA) is 82.1 Å². The Morgan fingerprint density at radius 1 is 1.07 bits per heavy atom. The number of aryl methyl sites for hydroxylation is 1. The molecule has 0 amide bonds. The fraction of sp³-hybridized carbons (Fsp3) is 0.333. The SMILES string of the molecule is Cc1ccc(-c2noc(C(C)N3CCN(c4ccc(C#N)nc4)CC3)n2)cc1. The van der Waals surface area contributed by atoms with Crippen molar-refractivity contribution >= 4 is 5.69 Å². The third-order valence-corrected chi connectivity index (χ3v) is 5.20. The Bertz CT molecular complexity index is 965. The second kappa shape index (κ2) is 7.79. The van der Waals surface area contributed by atoms with Crippen LogP contribution in [0.5, 0.6) is 0 Å². The van der Waals surface area contributed by atoms with Gasteiger partial charge in [-0.2, -0.15) is 10.2 Å². The van der Waals surface area contributed by atoms with Gasteiger partial charge in [-0.3, -0.25) is 4.90 Å². The van der Waals surface area contributed by atoms with Gasteiger partial charge in [0.25, 0.3) is 0 Å². The molecule has 7 heteroatoms. The summed E-state index contributed by atoms with van der Waals surface area (Å²) in [6.45, 7) is 7.72. The van der Waals surface area contributed by atoms with Crippen molar-refractivity contribution in [3.8, 4) is 17.5 Å². The van der Waals surface area contributed by atoms with Crippen molar-refractivity contribution in [2.24, 2.45) is 0 Å². The number of aromatic nitrogens is 3. The lowest BCUT2D eigenvalue weighted by Gasteiger charge is -2.37. The van der Waals surface area contributed by atoms with Gasteiger partial charge in [0.1, 0.15) is 11.8 Å². The molecular weight excluding hydrogens is 352 g/mol. The maximum atomic E-state index is 8.88. The van der Waals surface area contributed by atoms with E-state index in [4.69, 9.17) is 9.78 Å². The molecule has 3 aromatic rings. The molecule has 7 nitrogen and oxygen atoms in total. The molecule has 2 aromatic heterocycles. The molecule has 4 rings (SSSR count). The van der Waals surface area contributed by atoms with Gasteiger partial charge in [-0.15, -0.1) is 0 Å². The number of nitrogens with zero attached hydrogens (tertiary/aromatic N) is 6. The van der Waals surface area contributed by atoms with Crippen LogP contribution < -0.4 is 4.90 Å². The zero-order valence-electron chi connectivity index (χ0n) is 16.0. The minimum atomic E-state index is 0.0629. The predicted molar refractivity (Wildman–Crippen MR) is 106 cm³/mol. The molecule has 0 saturated carbocycles. The Balaban J connectivity index is 1.39. The van der Waals surface area contributed by atoms with E-state index >= 15 is 0 Å². The van der Waals surface area contributed by atoms with Crippen LogP contribution in [-0.2, 0) is 0 Å². The van der Waals surface area contributed by atoms with Gasteiger partial charge in [0.2, 0.25) is 11.7 Å². The molecule has 0 bridgehead atoms. The fourth-order valence-corrected chi connectivity index (χ4v) is 3.39. The predicted octanol–water partition coefficient (Wildman–Crippen LogP) is 3.19. The van der Waals surface area contributed by atoms with Crippen molar-refractivity contribution < 1.29 is 4.52 Å². The number of rotatable bonds is 4. The van der Waals surface area contributed by atoms with Gasteiger partial charge >= 0.3 is 0 Å². The van der Waals surface area contributed by atoms with Crippen LogP contribution in [0.1, 0.15) is 30.1 Å². The monoisotopic (exact) mass is 374 g/mol. The molecule has 1 aliphatic rings. The second-order valence-electron chi connectivity index (χ2n) is 7.03. The standard InChI is InChI=1S/C21H22N6O/c1-15-3-5-17(6-4-15)20-24-21(28-25-20)16(2)26-9-11-27(12-10-26)19-8-7-18(13-22)23-14-19/h3-8,14,16H,9-12H2,1-2H3. The van der Waals surface area contributed by atoms with Crippen LogP contribution in [0.4, 0.5) is 5.69 Å². The lowest BCUT2D eigenvalue weighted by atomic mass is 10.1. The first-order valence-electron chi connectivity index (χ1n) is 9.40. The fourth-order valence-electron chi connectivity index (χ4n) is 3.39. The lowest BCUT2D eigenvalue weighted by Crippen LogP contribution is -2.47. The summed E-state index contributed by atoms with van der Waals surface area (Å²) in [6.07, 6.45) is 1.77. The van der Waals surface area contributed by atoms with Crippen molar-refractivity contribution in [3.63, 3.8) is 0 Å². The molecule has 1 fully saturated rings. The third kappa shape index (κ3) is 3.73. The summed E-state index contributed by atoms with van der Waals surface area (Å²) in [7, 11) is 0. The maximum Gasteiger partial charge on any atom is 0.244 e. The Hall–Kier alpha value is -3.24. The summed E-state index contributed by atoms with van der Waals surface area (Å²) >= 11 is 0. The zero-order valence-corrected chi connectivity index (χ0v) is 16.0. The molecule has 3 heterocycles. The van der Waals surface area contributed by atoms with Crippen molar-refractivity contribution in [1.29, 1.82) is 5.26 Å². The van der Waals surface area contributed by atoms with Gasteiger partial charge in [-0.25, -0.2) is 4.98 Å². The average molecular weight is 374 g/mol. The highest BCUT2D eigenvalue weighted by atomic mass is 16.5. The maximum absolute atomic E-state index is 8.88. The summed E-state index contributed by atoms with van der Waals surface area (Å²) in [5.41, 5.74) is 3.66. The van der Waals surface area contributed by atoms with Gasteiger partial charge < -0.3 is 9.42 Å². The Morgan fingerprint density at radius 2 is 1.82 bits per heavy atom. The van der Waals surface area contributed by atoms with Crippen LogP contribution in [0.2, 0.25) is 0 Å². The van der Waals surface area contributed by atoms with Gasteiger partial charge in [-0.05, 0) is 26.0 Å². The number of pyridine rings is 1. The molecule has 0 N–H and O–H groups in total. The van der Waals surface area contributed by atoms with E-state index in [1.807, 2.05) is 30.3 Å². The lowest BCUT2D eigenvalue weighted by molar-refractivity contribution is 0.164. The van der Waals surface area contributed by atoms with E-state index in [9.17, 15) is 0 Å². The average Bonchev–Trinajstić information content (AvgIpc) is 3.24. The first-order chi connectivity index (χ1) is 13.6. The normalized spacial score (nSPS) is 16.0. The quantitative estimate of drug-likeness (QED) is 0.693. The molecule has 1 unspecified atom stereocenters. The van der Waals surface area contributed by atoms with Crippen molar-refractivity contribution in [2.45, 2.75) is 19.9 Å². The smallest absolute Gasteiger partial charge is 0.244 e. The van der Waals surface area contributed by atoms with Crippen LogP contribution in [0.15, 0.2) is 47.1 Å². The summed E-state index contributed by atoms with van der Waals surface area (Å²) in [5, 5.41) is 13.0. The molecular formula is C21H22N6O. The molecule has 28 heavy (non-hydrogen) atoms. The van der Waals surface area contributed by atoms with E-state index in [1.54, 1.807) is 12.3 Å². The number of nitriles is 1. The van der Waals surface area contributed by atoms with Gasteiger partial charge in [0.15, 0.2) is 0 Å². The van der Waals surface area contributed by atoms with E-state index in [1.165, 1.54) is 5.56 Å². The number of hydrogen-bond donors (Lipinski definition) is 0. The molecule has 0 aliphatic carbocycles. The van der Waals surface area contributed by atoms with Gasteiger partial charge in [-0.1, -0.05) is 35.0 Å². The molecule has 0 spiro atoms.